The Kier molecular flexibility index (Phi) is 7.15. The number of hydrogen-bond acceptors (Lipinski definition) is 6. The van der Waals surface area contributed by atoms with Gasteiger partial charge in [-0.25, -0.2) is 9.59 Å². The summed E-state index contributed by atoms with van der Waals surface area (Å²) >= 11 is 0. The van der Waals surface area contributed by atoms with Gasteiger partial charge in [-0.2, -0.15) is 0 Å². The van der Waals surface area contributed by atoms with E-state index in [-0.39, 0.29) is 6.61 Å². The number of rotatable bonds is 6. The lowest BCUT2D eigenvalue weighted by atomic mass is 10.2. The fourth-order valence-corrected chi connectivity index (χ4v) is 0.803. The Morgan fingerprint density at radius 1 is 1.19 bits per heavy atom. The first-order valence-corrected chi connectivity index (χ1v) is 4.80. The molecule has 0 saturated carbocycles. The molecule has 0 aromatic heterocycles. The summed E-state index contributed by atoms with van der Waals surface area (Å²) in [4.78, 5) is 21.6. The Labute approximate surface area is 93.5 Å². The lowest BCUT2D eigenvalue weighted by molar-refractivity contribution is -0.143. The first-order valence-electron chi connectivity index (χ1n) is 4.80. The summed E-state index contributed by atoms with van der Waals surface area (Å²) in [6.45, 7) is 1.37. The molecule has 0 amide bonds. The molecule has 0 radical (unpaired) electrons. The van der Waals surface area contributed by atoms with Crippen LogP contribution in [0, 0.1) is 0 Å². The van der Waals surface area contributed by atoms with Crippen LogP contribution in [0.1, 0.15) is 13.3 Å². The first kappa shape index (κ1) is 14.6. The molecular weight excluding hydrogens is 216 g/mol. The van der Waals surface area contributed by atoms with Crippen LogP contribution >= 0.6 is 0 Å². The lowest BCUT2D eigenvalue weighted by Crippen LogP contribution is -2.30. The first-order chi connectivity index (χ1) is 7.51. The average Bonchev–Trinajstić information content (AvgIpc) is 2.31. The summed E-state index contributed by atoms with van der Waals surface area (Å²) < 4.78 is 8.84. The van der Waals surface area contributed by atoms with E-state index in [4.69, 9.17) is 5.11 Å². The van der Waals surface area contributed by atoms with Crippen molar-refractivity contribution >= 4 is 11.9 Å². The Balaban J connectivity index is 3.90. The highest BCUT2D eigenvalue weighted by atomic mass is 16.5. The van der Waals surface area contributed by atoms with Crippen molar-refractivity contribution < 1.29 is 29.3 Å². The summed E-state index contributed by atoms with van der Waals surface area (Å²) in [6, 6.07) is 0. The van der Waals surface area contributed by atoms with Crippen LogP contribution in [0.4, 0.5) is 0 Å². The summed E-state index contributed by atoms with van der Waals surface area (Å²) in [5.74, 6) is -1.46. The summed E-state index contributed by atoms with van der Waals surface area (Å²) in [5.41, 5.74) is 0. The molecule has 0 aliphatic heterocycles. The molecule has 0 fully saturated rings. The van der Waals surface area contributed by atoms with Gasteiger partial charge in [0.2, 0.25) is 0 Å². The zero-order valence-electron chi connectivity index (χ0n) is 9.25. The van der Waals surface area contributed by atoms with E-state index in [1.165, 1.54) is 7.11 Å². The number of methoxy groups -OCH3 is 1. The Hall–Kier alpha value is -1.40. The second kappa shape index (κ2) is 7.84. The van der Waals surface area contributed by atoms with Crippen molar-refractivity contribution in [3.63, 3.8) is 0 Å². The van der Waals surface area contributed by atoms with Gasteiger partial charge in [0.05, 0.1) is 13.2 Å². The van der Waals surface area contributed by atoms with Crippen LogP contribution in [0.5, 0.6) is 0 Å². The van der Waals surface area contributed by atoms with E-state index in [0.29, 0.717) is 6.42 Å². The van der Waals surface area contributed by atoms with Crippen molar-refractivity contribution in [1.29, 1.82) is 0 Å². The largest absolute Gasteiger partial charge is 0.466 e. The monoisotopic (exact) mass is 232 g/mol. The van der Waals surface area contributed by atoms with Crippen LogP contribution in [0.15, 0.2) is 12.2 Å². The van der Waals surface area contributed by atoms with Crippen LogP contribution in [0.3, 0.4) is 0 Å². The van der Waals surface area contributed by atoms with E-state index < -0.39 is 24.1 Å². The zero-order chi connectivity index (χ0) is 12.6. The second-order valence-electron chi connectivity index (χ2n) is 3.03. The normalized spacial score (nSPS) is 14.5. The fraction of sp³-hybridized carbons (Fsp3) is 0.600. The predicted molar refractivity (Wildman–Crippen MR) is 54.4 cm³/mol. The molecule has 0 bridgehead atoms. The summed E-state index contributed by atoms with van der Waals surface area (Å²) in [6.07, 6.45) is 0.0938. The third-order valence-corrected chi connectivity index (χ3v) is 1.82. The van der Waals surface area contributed by atoms with Crippen LogP contribution in [0.2, 0.25) is 0 Å². The lowest BCUT2D eigenvalue weighted by Gasteiger charge is -2.15. The van der Waals surface area contributed by atoms with Crippen molar-refractivity contribution in [1.82, 2.24) is 0 Å². The van der Waals surface area contributed by atoms with Gasteiger partial charge < -0.3 is 19.7 Å². The van der Waals surface area contributed by atoms with Gasteiger partial charge in [-0.05, 0) is 6.42 Å². The molecule has 0 saturated heterocycles. The smallest absolute Gasteiger partial charge is 0.331 e. The Bertz CT molecular complexity index is 260. The number of carbonyl (C=O) groups is 2. The van der Waals surface area contributed by atoms with Gasteiger partial charge in [0.1, 0.15) is 12.7 Å². The van der Waals surface area contributed by atoms with Crippen molar-refractivity contribution in [2.45, 2.75) is 25.6 Å². The minimum atomic E-state index is -1.12. The molecule has 6 heteroatoms. The van der Waals surface area contributed by atoms with E-state index in [1.807, 2.05) is 0 Å². The molecule has 6 nitrogen and oxygen atoms in total. The summed E-state index contributed by atoms with van der Waals surface area (Å²) in [5, 5.41) is 18.4. The predicted octanol–water partition coefficient (Wildman–Crippen LogP) is -0.609. The van der Waals surface area contributed by atoms with Gasteiger partial charge in [-0.3, -0.25) is 0 Å². The molecule has 0 aromatic rings. The molecule has 0 spiro atoms. The molecule has 2 atom stereocenters. The average molecular weight is 232 g/mol. The Morgan fingerprint density at radius 2 is 1.75 bits per heavy atom. The number of hydrogen-bond donors (Lipinski definition) is 2. The maximum absolute atomic E-state index is 11.0. The molecule has 0 aromatic carbocycles. The molecule has 0 heterocycles. The van der Waals surface area contributed by atoms with Gasteiger partial charge in [-0.15, -0.1) is 0 Å². The van der Waals surface area contributed by atoms with Gasteiger partial charge in [-0.1, -0.05) is 6.92 Å². The van der Waals surface area contributed by atoms with Crippen LogP contribution in [-0.2, 0) is 19.1 Å². The Morgan fingerprint density at radius 3 is 2.25 bits per heavy atom. The maximum atomic E-state index is 11.0. The van der Waals surface area contributed by atoms with Crippen molar-refractivity contribution in [3.05, 3.63) is 12.2 Å². The van der Waals surface area contributed by atoms with E-state index in [0.717, 1.165) is 12.2 Å². The molecular formula is C10H16O6. The number of ether oxygens (including phenoxy) is 2. The molecule has 0 rings (SSSR count). The van der Waals surface area contributed by atoms with Crippen LogP contribution < -0.4 is 0 Å². The van der Waals surface area contributed by atoms with Crippen molar-refractivity contribution in [2.24, 2.45) is 0 Å². The van der Waals surface area contributed by atoms with Crippen molar-refractivity contribution in [2.75, 3.05) is 13.7 Å². The minimum Gasteiger partial charge on any atom is -0.466 e. The van der Waals surface area contributed by atoms with E-state index in [1.54, 1.807) is 6.92 Å². The minimum absolute atomic E-state index is 0.320. The van der Waals surface area contributed by atoms with Gasteiger partial charge >= 0.3 is 11.9 Å². The second-order valence-corrected chi connectivity index (χ2v) is 3.03. The van der Waals surface area contributed by atoms with E-state index in [9.17, 15) is 14.7 Å². The zero-order valence-corrected chi connectivity index (χ0v) is 9.25. The number of carbonyl (C=O) groups excluding carboxylic acids is 2. The standard InChI is InChI=1S/C10H16O6/c1-3-7(11)8(12)6-16-10(14)5-4-9(13)15-2/h4-5,7-8,11-12H,3,6H2,1-2H3/b5-4+. The van der Waals surface area contributed by atoms with Gasteiger partial charge in [0, 0.05) is 12.2 Å². The fourth-order valence-electron chi connectivity index (χ4n) is 0.803. The number of aliphatic hydroxyl groups excluding tert-OH is 2. The van der Waals surface area contributed by atoms with Gasteiger partial charge in [0.15, 0.2) is 0 Å². The quantitative estimate of drug-likeness (QED) is 0.469. The van der Waals surface area contributed by atoms with Gasteiger partial charge in [0.25, 0.3) is 0 Å². The highest BCUT2D eigenvalue weighted by Crippen LogP contribution is 1.99. The maximum Gasteiger partial charge on any atom is 0.331 e. The third-order valence-electron chi connectivity index (χ3n) is 1.82. The molecule has 2 unspecified atom stereocenters. The highest BCUT2D eigenvalue weighted by Gasteiger charge is 2.15. The van der Waals surface area contributed by atoms with Crippen LogP contribution in [0.25, 0.3) is 0 Å². The van der Waals surface area contributed by atoms with Crippen molar-refractivity contribution in [3.8, 4) is 0 Å². The van der Waals surface area contributed by atoms with E-state index >= 15 is 0 Å². The van der Waals surface area contributed by atoms with Crippen LogP contribution in [-0.4, -0.2) is 48.1 Å². The number of esters is 2. The molecule has 0 aliphatic rings. The summed E-state index contributed by atoms with van der Waals surface area (Å²) in [7, 11) is 1.18. The molecule has 92 valence electrons. The molecule has 2 N–H and O–H groups in total. The third kappa shape index (κ3) is 6.15. The molecule has 0 aliphatic carbocycles. The highest BCUT2D eigenvalue weighted by molar-refractivity contribution is 5.91. The molecule has 16 heavy (non-hydrogen) atoms. The van der Waals surface area contributed by atoms with E-state index in [2.05, 4.69) is 9.47 Å². The SMILES string of the molecule is CCC(O)C(O)COC(=O)/C=C/C(=O)OC. The topological polar surface area (TPSA) is 93.1 Å². The number of aliphatic hydroxyl groups is 2.